The van der Waals surface area contributed by atoms with Crippen molar-refractivity contribution in [3.05, 3.63) is 0 Å². The van der Waals surface area contributed by atoms with Gasteiger partial charge in [-0.25, -0.2) is 5.48 Å². The highest BCUT2D eigenvalue weighted by atomic mass is 32.2. The van der Waals surface area contributed by atoms with E-state index in [9.17, 15) is 4.79 Å². The Kier molecular flexibility index (Phi) is 2.21. The summed E-state index contributed by atoms with van der Waals surface area (Å²) >= 11 is 1.61. The van der Waals surface area contributed by atoms with Crippen LogP contribution >= 0.6 is 11.8 Å². The second-order valence-electron chi connectivity index (χ2n) is 2.62. The molecule has 1 aliphatic heterocycles. The zero-order valence-electron chi connectivity index (χ0n) is 5.89. The molecular weight excluding hydrogens is 150 g/mol. The summed E-state index contributed by atoms with van der Waals surface area (Å²) in [5.41, 5.74) is 1.69. The lowest BCUT2D eigenvalue weighted by Gasteiger charge is -2.18. The van der Waals surface area contributed by atoms with E-state index in [2.05, 4.69) is 0 Å². The summed E-state index contributed by atoms with van der Waals surface area (Å²) in [6, 6.07) is 0. The molecule has 1 atom stereocenters. The van der Waals surface area contributed by atoms with Crippen LogP contribution in [-0.2, 0) is 4.79 Å². The van der Waals surface area contributed by atoms with Crippen LogP contribution < -0.4 is 5.48 Å². The van der Waals surface area contributed by atoms with Crippen LogP contribution in [-0.4, -0.2) is 21.6 Å². The molecule has 1 amide bonds. The monoisotopic (exact) mass is 161 g/mol. The molecule has 1 fully saturated rings. The van der Waals surface area contributed by atoms with Gasteiger partial charge in [-0.3, -0.25) is 10.0 Å². The normalized spacial score (nSPS) is 32.2. The van der Waals surface area contributed by atoms with E-state index in [0.717, 1.165) is 18.6 Å². The SMILES string of the molecule is CC1(C(=O)NO)CCCS1. The molecular formula is C6H11NO2S. The van der Waals surface area contributed by atoms with Crippen LogP contribution in [0.5, 0.6) is 0 Å². The van der Waals surface area contributed by atoms with E-state index in [0.29, 0.717) is 0 Å². The molecule has 1 heterocycles. The summed E-state index contributed by atoms with van der Waals surface area (Å²) in [6.45, 7) is 1.86. The van der Waals surface area contributed by atoms with Crippen LogP contribution in [0.15, 0.2) is 0 Å². The topological polar surface area (TPSA) is 49.3 Å². The first kappa shape index (κ1) is 7.88. The van der Waals surface area contributed by atoms with E-state index < -0.39 is 0 Å². The van der Waals surface area contributed by atoms with Crippen LogP contribution in [0.3, 0.4) is 0 Å². The highest BCUT2D eigenvalue weighted by Crippen LogP contribution is 2.37. The fourth-order valence-corrected chi connectivity index (χ4v) is 2.28. The highest BCUT2D eigenvalue weighted by Gasteiger charge is 2.36. The summed E-state index contributed by atoms with van der Waals surface area (Å²) in [6.07, 6.45) is 1.93. The Morgan fingerprint density at radius 1 is 1.80 bits per heavy atom. The fourth-order valence-electron chi connectivity index (χ4n) is 1.08. The van der Waals surface area contributed by atoms with Gasteiger partial charge in [-0.15, -0.1) is 11.8 Å². The van der Waals surface area contributed by atoms with Crippen molar-refractivity contribution in [1.29, 1.82) is 0 Å². The van der Waals surface area contributed by atoms with Crippen molar-refractivity contribution in [2.24, 2.45) is 0 Å². The largest absolute Gasteiger partial charge is 0.289 e. The van der Waals surface area contributed by atoms with Crippen molar-refractivity contribution in [3.63, 3.8) is 0 Å². The van der Waals surface area contributed by atoms with Crippen LogP contribution in [0.1, 0.15) is 19.8 Å². The zero-order valence-corrected chi connectivity index (χ0v) is 6.70. The van der Waals surface area contributed by atoms with Gasteiger partial charge < -0.3 is 0 Å². The fraction of sp³-hybridized carbons (Fsp3) is 0.833. The number of hydrogen-bond acceptors (Lipinski definition) is 3. The van der Waals surface area contributed by atoms with Gasteiger partial charge >= 0.3 is 0 Å². The summed E-state index contributed by atoms with van der Waals surface area (Å²) in [7, 11) is 0. The Labute approximate surface area is 64.1 Å². The zero-order chi connectivity index (χ0) is 7.61. The van der Waals surface area contributed by atoms with E-state index in [1.54, 1.807) is 17.2 Å². The summed E-state index contributed by atoms with van der Waals surface area (Å²) in [5.74, 6) is 0.749. The predicted molar refractivity (Wildman–Crippen MR) is 40.0 cm³/mol. The molecule has 0 radical (unpaired) electrons. The number of rotatable bonds is 1. The maximum atomic E-state index is 11.0. The van der Waals surface area contributed by atoms with Gasteiger partial charge in [0.05, 0.1) is 4.75 Å². The Bertz CT molecular complexity index is 143. The number of nitrogens with one attached hydrogen (secondary N) is 1. The molecule has 0 aromatic heterocycles. The van der Waals surface area contributed by atoms with E-state index in [1.165, 1.54) is 0 Å². The molecule has 0 saturated carbocycles. The minimum absolute atomic E-state index is 0.269. The van der Waals surface area contributed by atoms with E-state index in [1.807, 2.05) is 6.92 Å². The standard InChI is InChI=1S/C6H11NO2S/c1-6(5(8)7-9)3-2-4-10-6/h9H,2-4H2,1H3,(H,7,8). The maximum Gasteiger partial charge on any atom is 0.259 e. The molecule has 10 heavy (non-hydrogen) atoms. The molecule has 1 rings (SSSR count). The molecule has 1 aliphatic rings. The minimum atomic E-state index is -0.380. The van der Waals surface area contributed by atoms with Crippen molar-refractivity contribution in [2.45, 2.75) is 24.5 Å². The third-order valence-electron chi connectivity index (χ3n) is 1.80. The van der Waals surface area contributed by atoms with E-state index in [4.69, 9.17) is 5.21 Å². The molecule has 4 heteroatoms. The van der Waals surface area contributed by atoms with Crippen molar-refractivity contribution in [3.8, 4) is 0 Å². The Morgan fingerprint density at radius 2 is 2.50 bits per heavy atom. The van der Waals surface area contributed by atoms with Gasteiger partial charge in [-0.1, -0.05) is 0 Å². The van der Waals surface area contributed by atoms with Gasteiger partial charge in [0.2, 0.25) is 0 Å². The van der Waals surface area contributed by atoms with Crippen molar-refractivity contribution >= 4 is 17.7 Å². The molecule has 2 N–H and O–H groups in total. The van der Waals surface area contributed by atoms with Crippen LogP contribution in [0, 0.1) is 0 Å². The van der Waals surface area contributed by atoms with Gasteiger partial charge in [0.25, 0.3) is 5.91 Å². The molecule has 1 saturated heterocycles. The molecule has 3 nitrogen and oxygen atoms in total. The summed E-state index contributed by atoms with van der Waals surface area (Å²) < 4.78 is -0.380. The quantitative estimate of drug-likeness (QED) is 0.441. The van der Waals surface area contributed by atoms with Crippen LogP contribution in [0.4, 0.5) is 0 Å². The van der Waals surface area contributed by atoms with Crippen molar-refractivity contribution in [1.82, 2.24) is 5.48 Å². The average molecular weight is 161 g/mol. The van der Waals surface area contributed by atoms with Gasteiger partial charge in [0, 0.05) is 0 Å². The van der Waals surface area contributed by atoms with Crippen LogP contribution in [0.2, 0.25) is 0 Å². The first-order valence-corrected chi connectivity index (χ1v) is 4.26. The number of hydroxylamine groups is 1. The van der Waals surface area contributed by atoms with Gasteiger partial charge in [0.15, 0.2) is 0 Å². The van der Waals surface area contributed by atoms with Crippen molar-refractivity contribution in [2.75, 3.05) is 5.75 Å². The number of amides is 1. The third kappa shape index (κ3) is 1.27. The molecule has 0 aliphatic carbocycles. The Morgan fingerprint density at radius 3 is 2.90 bits per heavy atom. The molecule has 0 spiro atoms. The van der Waals surface area contributed by atoms with Gasteiger partial charge in [-0.05, 0) is 25.5 Å². The Hall–Kier alpha value is -0.220. The summed E-state index contributed by atoms with van der Waals surface area (Å²) in [4.78, 5) is 11.0. The summed E-state index contributed by atoms with van der Waals surface area (Å²) in [5, 5.41) is 8.35. The molecule has 1 unspecified atom stereocenters. The Balaban J connectivity index is 2.58. The second-order valence-corrected chi connectivity index (χ2v) is 4.22. The van der Waals surface area contributed by atoms with E-state index in [-0.39, 0.29) is 10.7 Å². The third-order valence-corrected chi connectivity index (χ3v) is 3.32. The molecule has 58 valence electrons. The second kappa shape index (κ2) is 2.80. The number of hydrogen-bond donors (Lipinski definition) is 2. The van der Waals surface area contributed by atoms with E-state index >= 15 is 0 Å². The molecule has 0 bridgehead atoms. The molecule has 0 aromatic rings. The lowest BCUT2D eigenvalue weighted by atomic mass is 10.1. The number of carbonyl (C=O) groups is 1. The predicted octanol–water partition coefficient (Wildman–Crippen LogP) is 0.777. The molecule has 0 aromatic carbocycles. The lowest BCUT2D eigenvalue weighted by Crippen LogP contribution is -2.38. The van der Waals surface area contributed by atoms with Crippen molar-refractivity contribution < 1.29 is 10.0 Å². The first-order chi connectivity index (χ1) is 4.69. The maximum absolute atomic E-state index is 11.0. The highest BCUT2D eigenvalue weighted by molar-refractivity contribution is 8.01. The van der Waals surface area contributed by atoms with Gasteiger partial charge in [0.1, 0.15) is 0 Å². The lowest BCUT2D eigenvalue weighted by molar-refractivity contribution is -0.131. The van der Waals surface area contributed by atoms with Gasteiger partial charge in [-0.2, -0.15) is 0 Å². The smallest absolute Gasteiger partial charge is 0.259 e. The van der Waals surface area contributed by atoms with Crippen LogP contribution in [0.25, 0.3) is 0 Å². The number of carbonyl (C=O) groups excluding carboxylic acids is 1. The average Bonchev–Trinajstić information content (AvgIpc) is 2.36. The minimum Gasteiger partial charge on any atom is -0.289 e. The number of thioether (sulfide) groups is 1. The first-order valence-electron chi connectivity index (χ1n) is 3.27.